The highest BCUT2D eigenvalue weighted by molar-refractivity contribution is 5.97. The van der Waals surface area contributed by atoms with Gasteiger partial charge in [0.25, 0.3) is 11.8 Å². The van der Waals surface area contributed by atoms with Crippen molar-refractivity contribution in [3.8, 4) is 0 Å². The topological polar surface area (TPSA) is 75.4 Å². The molecule has 5 heteroatoms. The van der Waals surface area contributed by atoms with Gasteiger partial charge in [-0.3, -0.25) is 9.59 Å². The Bertz CT molecular complexity index is 467. The quantitative estimate of drug-likeness (QED) is 0.799. The SMILES string of the molecule is CCN(CC)C(=O)c1ccc(C(=O)NCC(C)CN)cc1. The average molecular weight is 291 g/mol. The Labute approximate surface area is 126 Å². The molecule has 1 rings (SSSR count). The van der Waals surface area contributed by atoms with Gasteiger partial charge >= 0.3 is 0 Å². The lowest BCUT2D eigenvalue weighted by molar-refractivity contribution is 0.0772. The second-order valence-electron chi connectivity index (χ2n) is 5.11. The van der Waals surface area contributed by atoms with Crippen LogP contribution in [-0.4, -0.2) is 42.9 Å². The molecule has 0 saturated heterocycles. The van der Waals surface area contributed by atoms with Gasteiger partial charge in [0.1, 0.15) is 0 Å². The van der Waals surface area contributed by atoms with Crippen LogP contribution in [0, 0.1) is 5.92 Å². The van der Waals surface area contributed by atoms with E-state index in [1.165, 1.54) is 0 Å². The van der Waals surface area contributed by atoms with Gasteiger partial charge in [0.05, 0.1) is 0 Å². The van der Waals surface area contributed by atoms with Crippen molar-refractivity contribution in [2.45, 2.75) is 20.8 Å². The van der Waals surface area contributed by atoms with E-state index in [4.69, 9.17) is 5.73 Å². The van der Waals surface area contributed by atoms with Gasteiger partial charge in [0.2, 0.25) is 0 Å². The van der Waals surface area contributed by atoms with Crippen LogP contribution in [0.1, 0.15) is 41.5 Å². The third kappa shape index (κ3) is 4.86. The Hall–Kier alpha value is -1.88. The van der Waals surface area contributed by atoms with Gasteiger partial charge in [0.15, 0.2) is 0 Å². The molecule has 3 N–H and O–H groups in total. The van der Waals surface area contributed by atoms with E-state index in [0.717, 1.165) is 0 Å². The van der Waals surface area contributed by atoms with E-state index in [2.05, 4.69) is 5.32 Å². The number of hydrogen-bond acceptors (Lipinski definition) is 3. The van der Waals surface area contributed by atoms with Gasteiger partial charge in [-0.1, -0.05) is 6.92 Å². The van der Waals surface area contributed by atoms with Crippen LogP contribution in [-0.2, 0) is 0 Å². The number of nitrogens with two attached hydrogens (primary N) is 1. The number of rotatable bonds is 7. The molecule has 5 nitrogen and oxygen atoms in total. The number of hydrogen-bond donors (Lipinski definition) is 2. The average Bonchev–Trinajstić information content (AvgIpc) is 2.53. The Morgan fingerprint density at radius 1 is 1.14 bits per heavy atom. The molecule has 1 atom stereocenters. The first-order chi connectivity index (χ1) is 10.0. The van der Waals surface area contributed by atoms with E-state index < -0.39 is 0 Å². The third-order valence-electron chi connectivity index (χ3n) is 3.46. The normalized spacial score (nSPS) is 11.8. The summed E-state index contributed by atoms with van der Waals surface area (Å²) in [5.41, 5.74) is 6.66. The molecule has 0 fully saturated rings. The Kier molecular flexibility index (Phi) is 6.88. The van der Waals surface area contributed by atoms with E-state index >= 15 is 0 Å². The van der Waals surface area contributed by atoms with Crippen LogP contribution in [0.15, 0.2) is 24.3 Å². The Balaban J connectivity index is 2.69. The molecule has 116 valence electrons. The summed E-state index contributed by atoms with van der Waals surface area (Å²) in [4.78, 5) is 25.8. The number of carbonyl (C=O) groups excluding carboxylic acids is 2. The Morgan fingerprint density at radius 3 is 2.14 bits per heavy atom. The van der Waals surface area contributed by atoms with Crippen molar-refractivity contribution < 1.29 is 9.59 Å². The zero-order valence-corrected chi connectivity index (χ0v) is 13.1. The summed E-state index contributed by atoms with van der Waals surface area (Å²) in [7, 11) is 0. The fourth-order valence-corrected chi connectivity index (χ4v) is 1.91. The van der Waals surface area contributed by atoms with Gasteiger partial charge < -0.3 is 16.0 Å². The number of carbonyl (C=O) groups is 2. The minimum absolute atomic E-state index is 0.0105. The number of nitrogens with one attached hydrogen (secondary N) is 1. The van der Waals surface area contributed by atoms with Crippen molar-refractivity contribution in [1.29, 1.82) is 0 Å². The molecule has 0 aliphatic rings. The molecule has 1 unspecified atom stereocenters. The zero-order chi connectivity index (χ0) is 15.8. The minimum Gasteiger partial charge on any atom is -0.352 e. The lowest BCUT2D eigenvalue weighted by atomic mass is 10.1. The monoisotopic (exact) mass is 291 g/mol. The molecule has 0 aliphatic heterocycles. The van der Waals surface area contributed by atoms with Crippen LogP contribution >= 0.6 is 0 Å². The van der Waals surface area contributed by atoms with Gasteiger partial charge in [-0.2, -0.15) is 0 Å². The standard InChI is InChI=1S/C16H25N3O2/c1-4-19(5-2)16(21)14-8-6-13(7-9-14)15(20)18-11-12(3)10-17/h6-9,12H,4-5,10-11,17H2,1-3H3,(H,18,20). The molecule has 2 amide bonds. The first-order valence-electron chi connectivity index (χ1n) is 7.41. The predicted molar refractivity (Wildman–Crippen MR) is 84.2 cm³/mol. The first kappa shape index (κ1) is 17.2. The minimum atomic E-state index is -0.142. The summed E-state index contributed by atoms with van der Waals surface area (Å²) in [6, 6.07) is 6.75. The number of benzene rings is 1. The molecule has 21 heavy (non-hydrogen) atoms. The van der Waals surface area contributed by atoms with E-state index in [9.17, 15) is 9.59 Å². The van der Waals surface area contributed by atoms with E-state index in [1.807, 2.05) is 20.8 Å². The van der Waals surface area contributed by atoms with Crippen LogP contribution in [0.2, 0.25) is 0 Å². The molecule has 1 aromatic carbocycles. The van der Waals surface area contributed by atoms with Gasteiger partial charge in [0, 0.05) is 30.8 Å². The van der Waals surface area contributed by atoms with Crippen LogP contribution in [0.25, 0.3) is 0 Å². The smallest absolute Gasteiger partial charge is 0.253 e. The summed E-state index contributed by atoms with van der Waals surface area (Å²) >= 11 is 0. The maximum absolute atomic E-state index is 12.2. The number of nitrogens with zero attached hydrogens (tertiary/aromatic N) is 1. The van der Waals surface area contributed by atoms with Crippen LogP contribution in [0.4, 0.5) is 0 Å². The molecule has 0 bridgehead atoms. The molecule has 0 heterocycles. The second-order valence-corrected chi connectivity index (χ2v) is 5.11. The van der Waals surface area contributed by atoms with Gasteiger partial charge in [-0.25, -0.2) is 0 Å². The van der Waals surface area contributed by atoms with Crippen molar-refractivity contribution in [2.75, 3.05) is 26.2 Å². The lowest BCUT2D eigenvalue weighted by Gasteiger charge is -2.18. The number of amides is 2. The molecule has 0 spiro atoms. The summed E-state index contributed by atoms with van der Waals surface area (Å²) in [5, 5.41) is 2.83. The maximum atomic E-state index is 12.2. The van der Waals surface area contributed by atoms with Crippen molar-refractivity contribution >= 4 is 11.8 Å². The first-order valence-corrected chi connectivity index (χ1v) is 7.41. The van der Waals surface area contributed by atoms with Crippen LogP contribution < -0.4 is 11.1 Å². The fraction of sp³-hybridized carbons (Fsp3) is 0.500. The van der Waals surface area contributed by atoms with Crippen molar-refractivity contribution in [3.63, 3.8) is 0 Å². The summed E-state index contributed by atoms with van der Waals surface area (Å²) in [6.07, 6.45) is 0. The summed E-state index contributed by atoms with van der Waals surface area (Å²) < 4.78 is 0. The van der Waals surface area contributed by atoms with Crippen molar-refractivity contribution in [2.24, 2.45) is 11.7 Å². The van der Waals surface area contributed by atoms with Gasteiger partial charge in [-0.05, 0) is 50.6 Å². The van der Waals surface area contributed by atoms with E-state index in [1.54, 1.807) is 29.2 Å². The maximum Gasteiger partial charge on any atom is 0.253 e. The fourth-order valence-electron chi connectivity index (χ4n) is 1.91. The third-order valence-corrected chi connectivity index (χ3v) is 3.46. The van der Waals surface area contributed by atoms with Crippen molar-refractivity contribution in [3.05, 3.63) is 35.4 Å². The molecule has 1 aromatic rings. The molecule has 0 aromatic heterocycles. The predicted octanol–water partition coefficient (Wildman–Crippen LogP) is 1.49. The van der Waals surface area contributed by atoms with Crippen LogP contribution in [0.3, 0.4) is 0 Å². The second kappa shape index (κ2) is 8.42. The summed E-state index contributed by atoms with van der Waals surface area (Å²) in [6.45, 7) is 8.31. The molecule has 0 aliphatic carbocycles. The largest absolute Gasteiger partial charge is 0.352 e. The molecular formula is C16H25N3O2. The highest BCUT2D eigenvalue weighted by Crippen LogP contribution is 2.08. The van der Waals surface area contributed by atoms with Crippen LogP contribution in [0.5, 0.6) is 0 Å². The summed E-state index contributed by atoms with van der Waals surface area (Å²) in [5.74, 6) is 0.0957. The van der Waals surface area contributed by atoms with Gasteiger partial charge in [-0.15, -0.1) is 0 Å². The van der Waals surface area contributed by atoms with Crippen molar-refractivity contribution in [1.82, 2.24) is 10.2 Å². The highest BCUT2D eigenvalue weighted by Gasteiger charge is 2.13. The molecular weight excluding hydrogens is 266 g/mol. The Morgan fingerprint density at radius 2 is 1.67 bits per heavy atom. The van der Waals surface area contributed by atoms with E-state index in [0.29, 0.717) is 37.3 Å². The lowest BCUT2D eigenvalue weighted by Crippen LogP contribution is -2.32. The highest BCUT2D eigenvalue weighted by atomic mass is 16.2. The zero-order valence-electron chi connectivity index (χ0n) is 13.1. The van der Waals surface area contributed by atoms with E-state index in [-0.39, 0.29) is 17.7 Å². The molecule has 0 saturated carbocycles. The molecule has 0 radical (unpaired) electrons.